The largest absolute Gasteiger partial charge is 0.476 e. The van der Waals surface area contributed by atoms with Gasteiger partial charge in [-0.05, 0) is 31.6 Å². The van der Waals surface area contributed by atoms with Crippen molar-refractivity contribution < 1.29 is 4.74 Å². The molecule has 3 rings (SSSR count). The number of hydrogen-bond acceptors (Lipinski definition) is 5. The van der Waals surface area contributed by atoms with E-state index in [4.69, 9.17) is 4.74 Å². The normalized spacial score (nSPS) is 15.5. The summed E-state index contributed by atoms with van der Waals surface area (Å²) in [6.07, 6.45) is 1.83. The van der Waals surface area contributed by atoms with Crippen LogP contribution in [0.3, 0.4) is 0 Å². The highest BCUT2D eigenvalue weighted by atomic mass is 16.5. The highest BCUT2D eigenvalue weighted by Crippen LogP contribution is 2.33. The first kappa shape index (κ1) is 15.1. The minimum absolute atomic E-state index is 0.648. The van der Waals surface area contributed by atoms with Crippen LogP contribution in [0.15, 0.2) is 30.5 Å². The number of benzene rings is 1. The Hall–Kier alpha value is -1.85. The quantitative estimate of drug-likeness (QED) is 0.908. The molecule has 5 heteroatoms. The molecule has 22 heavy (non-hydrogen) atoms. The summed E-state index contributed by atoms with van der Waals surface area (Å²) in [5.41, 5.74) is 1.23. The summed E-state index contributed by atoms with van der Waals surface area (Å²) in [5.74, 6) is 0.744. The van der Waals surface area contributed by atoms with E-state index < -0.39 is 0 Å². The molecular weight excluding hydrogens is 276 g/mol. The van der Waals surface area contributed by atoms with Gasteiger partial charge < -0.3 is 19.9 Å². The number of aromatic nitrogens is 1. The van der Waals surface area contributed by atoms with Crippen molar-refractivity contribution in [2.24, 2.45) is 0 Å². The van der Waals surface area contributed by atoms with E-state index in [1.165, 1.54) is 11.1 Å². The number of piperazine rings is 1. The molecule has 1 aromatic carbocycles. The fourth-order valence-electron chi connectivity index (χ4n) is 2.78. The molecule has 0 aliphatic carbocycles. The second-order valence-electron chi connectivity index (χ2n) is 5.88. The summed E-state index contributed by atoms with van der Waals surface area (Å²) < 4.78 is 5.97. The second-order valence-corrected chi connectivity index (χ2v) is 5.88. The Morgan fingerprint density at radius 1 is 1.23 bits per heavy atom. The highest BCUT2D eigenvalue weighted by Gasteiger charge is 2.16. The average molecular weight is 300 g/mol. The molecule has 0 unspecified atom stereocenters. The summed E-state index contributed by atoms with van der Waals surface area (Å²) in [6.45, 7) is 5.61. The van der Waals surface area contributed by atoms with Crippen molar-refractivity contribution in [2.45, 2.75) is 0 Å². The van der Waals surface area contributed by atoms with Crippen molar-refractivity contribution in [1.29, 1.82) is 0 Å². The summed E-state index contributed by atoms with van der Waals surface area (Å²) in [6, 6.07) is 8.47. The maximum Gasteiger partial charge on any atom is 0.223 e. The van der Waals surface area contributed by atoms with Gasteiger partial charge in [-0.25, -0.2) is 4.98 Å². The van der Waals surface area contributed by atoms with Gasteiger partial charge in [-0.15, -0.1) is 0 Å². The van der Waals surface area contributed by atoms with Crippen LogP contribution in [-0.2, 0) is 0 Å². The van der Waals surface area contributed by atoms with Crippen LogP contribution in [0, 0.1) is 0 Å². The van der Waals surface area contributed by atoms with Gasteiger partial charge in [0.2, 0.25) is 5.88 Å². The summed E-state index contributed by atoms with van der Waals surface area (Å²) >= 11 is 0. The number of likely N-dealkylation sites (N-methyl/N-ethyl adjacent to an activating group) is 1. The third kappa shape index (κ3) is 3.31. The molecular formula is C17H24N4O. The Morgan fingerprint density at radius 2 is 2.05 bits per heavy atom. The number of rotatable bonds is 5. The number of anilines is 1. The van der Waals surface area contributed by atoms with Crippen molar-refractivity contribution in [3.05, 3.63) is 30.5 Å². The zero-order chi connectivity index (χ0) is 15.4. The van der Waals surface area contributed by atoms with Gasteiger partial charge in [0.25, 0.3) is 0 Å². The third-order valence-electron chi connectivity index (χ3n) is 3.97. The van der Waals surface area contributed by atoms with Crippen LogP contribution in [0.4, 0.5) is 5.69 Å². The van der Waals surface area contributed by atoms with Gasteiger partial charge >= 0.3 is 0 Å². The fourth-order valence-corrected chi connectivity index (χ4v) is 2.78. The minimum Gasteiger partial charge on any atom is -0.476 e. The monoisotopic (exact) mass is 300 g/mol. The van der Waals surface area contributed by atoms with Crippen LogP contribution >= 0.6 is 0 Å². The Balaban J connectivity index is 1.93. The maximum absolute atomic E-state index is 5.97. The second kappa shape index (κ2) is 6.94. The molecule has 0 amide bonds. The molecule has 0 atom stereocenters. The molecule has 1 fully saturated rings. The van der Waals surface area contributed by atoms with Crippen LogP contribution in [0.25, 0.3) is 10.8 Å². The van der Waals surface area contributed by atoms with Gasteiger partial charge in [0.05, 0.1) is 11.1 Å². The molecule has 1 N–H and O–H groups in total. The molecule has 0 bridgehead atoms. The number of ether oxygens (including phenoxy) is 1. The smallest absolute Gasteiger partial charge is 0.223 e. The Kier molecular flexibility index (Phi) is 4.75. The van der Waals surface area contributed by atoms with E-state index in [0.717, 1.165) is 44.0 Å². The molecule has 0 saturated carbocycles. The van der Waals surface area contributed by atoms with Crippen molar-refractivity contribution in [3.8, 4) is 5.88 Å². The van der Waals surface area contributed by atoms with E-state index >= 15 is 0 Å². The van der Waals surface area contributed by atoms with Gasteiger partial charge in [-0.1, -0.05) is 12.1 Å². The van der Waals surface area contributed by atoms with E-state index in [-0.39, 0.29) is 0 Å². The first-order valence-corrected chi connectivity index (χ1v) is 7.86. The van der Waals surface area contributed by atoms with E-state index in [9.17, 15) is 0 Å². The van der Waals surface area contributed by atoms with Crippen molar-refractivity contribution in [3.63, 3.8) is 0 Å². The fraction of sp³-hybridized carbons (Fsp3) is 0.471. The van der Waals surface area contributed by atoms with Crippen LogP contribution in [0.1, 0.15) is 0 Å². The molecule has 1 aliphatic rings. The molecule has 0 spiro atoms. The maximum atomic E-state index is 5.97. The van der Waals surface area contributed by atoms with Crippen LogP contribution in [-0.4, -0.2) is 63.3 Å². The molecule has 1 saturated heterocycles. The summed E-state index contributed by atoms with van der Waals surface area (Å²) in [5, 5.41) is 5.72. The molecule has 118 valence electrons. The van der Waals surface area contributed by atoms with Gasteiger partial charge in [0, 0.05) is 38.9 Å². The number of nitrogens with one attached hydrogen (secondary N) is 1. The topological polar surface area (TPSA) is 40.6 Å². The molecule has 1 aliphatic heterocycles. The molecule has 1 aromatic heterocycles. The minimum atomic E-state index is 0.648. The van der Waals surface area contributed by atoms with Crippen molar-refractivity contribution >= 4 is 16.5 Å². The van der Waals surface area contributed by atoms with Gasteiger partial charge in [-0.2, -0.15) is 0 Å². The van der Waals surface area contributed by atoms with Gasteiger partial charge in [0.15, 0.2) is 0 Å². The zero-order valence-corrected chi connectivity index (χ0v) is 13.4. The third-order valence-corrected chi connectivity index (χ3v) is 3.97. The molecule has 5 nitrogen and oxygen atoms in total. The van der Waals surface area contributed by atoms with E-state index in [1.54, 1.807) is 0 Å². The number of pyridine rings is 1. The predicted molar refractivity (Wildman–Crippen MR) is 90.9 cm³/mol. The number of hydrogen-bond donors (Lipinski definition) is 1. The molecule has 2 heterocycles. The van der Waals surface area contributed by atoms with Crippen molar-refractivity contribution in [1.82, 2.24) is 15.2 Å². The SMILES string of the molecule is CN(C)CCOc1nccc2cccc(N3CCNCC3)c12. The zero-order valence-electron chi connectivity index (χ0n) is 13.4. The molecule has 0 radical (unpaired) electrons. The number of nitrogens with zero attached hydrogens (tertiary/aromatic N) is 3. The van der Waals surface area contributed by atoms with Crippen LogP contribution in [0.5, 0.6) is 5.88 Å². The Morgan fingerprint density at radius 3 is 2.82 bits per heavy atom. The standard InChI is InChI=1S/C17H24N4O/c1-20(2)12-13-22-17-16-14(6-7-19-17)4-3-5-15(16)21-10-8-18-9-11-21/h3-7,18H,8-13H2,1-2H3. The first-order valence-electron chi connectivity index (χ1n) is 7.86. The van der Waals surface area contributed by atoms with Gasteiger partial charge in [-0.3, -0.25) is 0 Å². The summed E-state index contributed by atoms with van der Waals surface area (Å²) in [7, 11) is 4.10. The lowest BCUT2D eigenvalue weighted by atomic mass is 10.1. The van der Waals surface area contributed by atoms with Gasteiger partial charge in [0.1, 0.15) is 6.61 Å². The highest BCUT2D eigenvalue weighted by molar-refractivity contribution is 5.98. The Bertz CT molecular complexity index is 618. The van der Waals surface area contributed by atoms with Crippen molar-refractivity contribution in [2.75, 3.05) is 58.3 Å². The van der Waals surface area contributed by atoms with E-state index in [1.807, 2.05) is 20.3 Å². The predicted octanol–water partition coefficient (Wildman–Crippen LogP) is 1.58. The van der Waals surface area contributed by atoms with E-state index in [0.29, 0.717) is 6.61 Å². The Labute approximate surface area is 131 Å². The van der Waals surface area contributed by atoms with Crippen LogP contribution < -0.4 is 15.0 Å². The first-order chi connectivity index (χ1) is 10.8. The van der Waals surface area contributed by atoms with Crippen LogP contribution in [0.2, 0.25) is 0 Å². The summed E-state index contributed by atoms with van der Waals surface area (Å²) in [4.78, 5) is 9.01. The average Bonchev–Trinajstić information content (AvgIpc) is 2.55. The molecule has 2 aromatic rings. The number of fused-ring (bicyclic) bond motifs is 1. The lowest BCUT2D eigenvalue weighted by Gasteiger charge is -2.30. The van der Waals surface area contributed by atoms with E-state index in [2.05, 4.69) is 44.4 Å². The lowest BCUT2D eigenvalue weighted by molar-refractivity contribution is 0.256. The lowest BCUT2D eigenvalue weighted by Crippen LogP contribution is -2.43.